The van der Waals surface area contributed by atoms with Gasteiger partial charge in [0.25, 0.3) is 11.4 Å². The van der Waals surface area contributed by atoms with Gasteiger partial charge in [0, 0.05) is 11.3 Å². The van der Waals surface area contributed by atoms with Crippen molar-refractivity contribution in [2.75, 3.05) is 12.4 Å². The first-order valence-corrected chi connectivity index (χ1v) is 11.6. The standard InChI is InChI=1S/C25H21N5O4S/c1-14-6-4-5-7-18(14)22-28-23(34-29-22)21-15(2)20-24(35-21)26-13-30(25(20)32)12-19(31)27-16-8-10-17(33-3)11-9-16/h4-11,13H,12H2,1-3H3,(H,27,31). The molecule has 176 valence electrons. The van der Waals surface area contributed by atoms with Gasteiger partial charge in [0.1, 0.15) is 17.1 Å². The molecule has 5 aromatic rings. The van der Waals surface area contributed by atoms with E-state index in [1.165, 1.54) is 22.2 Å². The van der Waals surface area contributed by atoms with Crippen molar-refractivity contribution in [3.8, 4) is 27.9 Å². The fourth-order valence-electron chi connectivity index (χ4n) is 3.75. The Balaban J connectivity index is 1.42. The van der Waals surface area contributed by atoms with Crippen molar-refractivity contribution < 1.29 is 14.1 Å². The Hall–Kier alpha value is -4.31. The number of methoxy groups -OCH3 is 1. The number of nitrogens with zero attached hydrogens (tertiary/aromatic N) is 4. The topological polar surface area (TPSA) is 112 Å². The van der Waals surface area contributed by atoms with Gasteiger partial charge in [-0.05, 0) is 49.2 Å². The first kappa shape index (κ1) is 22.5. The molecule has 0 saturated carbocycles. The fourth-order valence-corrected chi connectivity index (χ4v) is 4.82. The number of nitrogens with one attached hydrogen (secondary N) is 1. The van der Waals surface area contributed by atoms with Crippen LogP contribution in [0.25, 0.3) is 32.4 Å². The molecule has 10 heteroatoms. The van der Waals surface area contributed by atoms with Crippen LogP contribution in [0.15, 0.2) is 64.2 Å². The molecule has 3 heterocycles. The molecule has 2 aromatic carbocycles. The number of carbonyl (C=O) groups excluding carboxylic acids is 1. The van der Waals surface area contributed by atoms with Gasteiger partial charge in [0.15, 0.2) is 0 Å². The summed E-state index contributed by atoms with van der Waals surface area (Å²) in [7, 11) is 1.57. The van der Waals surface area contributed by atoms with Crippen LogP contribution in [0.1, 0.15) is 11.1 Å². The van der Waals surface area contributed by atoms with Crippen molar-refractivity contribution >= 4 is 33.1 Å². The Labute approximate surface area is 204 Å². The van der Waals surface area contributed by atoms with Crippen molar-refractivity contribution in [2.24, 2.45) is 0 Å². The number of carbonyl (C=O) groups is 1. The molecule has 0 aliphatic carbocycles. The molecule has 0 aliphatic rings. The van der Waals surface area contributed by atoms with E-state index >= 15 is 0 Å². The van der Waals surface area contributed by atoms with Gasteiger partial charge in [-0.25, -0.2) is 4.98 Å². The van der Waals surface area contributed by atoms with Crippen LogP contribution in [-0.4, -0.2) is 32.7 Å². The Kier molecular flexibility index (Phi) is 5.87. The number of thiophene rings is 1. The van der Waals surface area contributed by atoms with Gasteiger partial charge >= 0.3 is 0 Å². The number of aromatic nitrogens is 4. The molecule has 9 nitrogen and oxygen atoms in total. The van der Waals surface area contributed by atoms with Crippen LogP contribution >= 0.6 is 11.3 Å². The monoisotopic (exact) mass is 487 g/mol. The molecule has 5 rings (SSSR count). The van der Waals surface area contributed by atoms with E-state index < -0.39 is 0 Å². The highest BCUT2D eigenvalue weighted by Crippen LogP contribution is 2.35. The summed E-state index contributed by atoms with van der Waals surface area (Å²) in [6.45, 7) is 3.63. The summed E-state index contributed by atoms with van der Waals surface area (Å²) < 4.78 is 11.9. The number of rotatable bonds is 6. The lowest BCUT2D eigenvalue weighted by molar-refractivity contribution is -0.116. The number of hydrogen-bond donors (Lipinski definition) is 1. The SMILES string of the molecule is COc1ccc(NC(=O)Cn2cnc3sc(-c4nc(-c5ccccc5C)no4)c(C)c3c2=O)cc1. The lowest BCUT2D eigenvalue weighted by Gasteiger charge is -2.08. The predicted octanol–water partition coefficient (Wildman–Crippen LogP) is 4.44. The van der Waals surface area contributed by atoms with E-state index in [0.29, 0.717) is 43.8 Å². The van der Waals surface area contributed by atoms with E-state index in [0.717, 1.165) is 11.1 Å². The van der Waals surface area contributed by atoms with Gasteiger partial charge in [-0.3, -0.25) is 14.2 Å². The third-order valence-corrected chi connectivity index (χ3v) is 6.80. The maximum atomic E-state index is 13.2. The van der Waals surface area contributed by atoms with Crippen LogP contribution in [0.4, 0.5) is 5.69 Å². The highest BCUT2D eigenvalue weighted by atomic mass is 32.1. The predicted molar refractivity (Wildman–Crippen MR) is 134 cm³/mol. The molecular formula is C25H21N5O4S. The zero-order valence-electron chi connectivity index (χ0n) is 19.2. The molecule has 0 radical (unpaired) electrons. The summed E-state index contributed by atoms with van der Waals surface area (Å²) in [5.41, 5.74) is 2.90. The summed E-state index contributed by atoms with van der Waals surface area (Å²) in [6.07, 6.45) is 1.38. The largest absolute Gasteiger partial charge is 0.497 e. The molecule has 0 atom stereocenters. The molecular weight excluding hydrogens is 466 g/mol. The number of aryl methyl sites for hydroxylation is 2. The van der Waals surface area contributed by atoms with Gasteiger partial charge in [-0.15, -0.1) is 11.3 Å². The minimum atomic E-state index is -0.341. The number of anilines is 1. The molecule has 1 N–H and O–H groups in total. The number of fused-ring (bicyclic) bond motifs is 1. The Morgan fingerprint density at radius 1 is 1.14 bits per heavy atom. The lowest BCUT2D eigenvalue weighted by atomic mass is 10.1. The van der Waals surface area contributed by atoms with Crippen molar-refractivity contribution in [1.29, 1.82) is 0 Å². The Bertz CT molecular complexity index is 1600. The van der Waals surface area contributed by atoms with Gasteiger partial charge in [-0.1, -0.05) is 29.4 Å². The van der Waals surface area contributed by atoms with Crippen LogP contribution in [0.5, 0.6) is 5.75 Å². The fraction of sp³-hybridized carbons (Fsp3) is 0.160. The molecule has 0 fully saturated rings. The van der Waals surface area contributed by atoms with E-state index in [4.69, 9.17) is 9.26 Å². The third kappa shape index (κ3) is 4.31. The summed E-state index contributed by atoms with van der Waals surface area (Å²) >= 11 is 1.30. The number of hydrogen-bond acceptors (Lipinski definition) is 8. The van der Waals surface area contributed by atoms with Gasteiger partial charge in [0.2, 0.25) is 11.7 Å². The molecule has 35 heavy (non-hydrogen) atoms. The van der Waals surface area contributed by atoms with Crippen molar-refractivity contribution in [3.63, 3.8) is 0 Å². The number of benzene rings is 2. The zero-order valence-corrected chi connectivity index (χ0v) is 20.0. The van der Waals surface area contributed by atoms with Gasteiger partial charge in [-0.2, -0.15) is 4.98 Å². The maximum absolute atomic E-state index is 13.2. The van der Waals surface area contributed by atoms with Crippen LogP contribution in [0.2, 0.25) is 0 Å². The first-order chi connectivity index (χ1) is 16.9. The molecule has 0 bridgehead atoms. The average molecular weight is 488 g/mol. The van der Waals surface area contributed by atoms with Crippen LogP contribution < -0.4 is 15.6 Å². The van der Waals surface area contributed by atoms with E-state index in [-0.39, 0.29) is 18.0 Å². The normalized spacial score (nSPS) is 11.1. The van der Waals surface area contributed by atoms with Crippen LogP contribution in [0, 0.1) is 13.8 Å². The summed E-state index contributed by atoms with van der Waals surface area (Å²) in [6, 6.07) is 14.7. The van der Waals surface area contributed by atoms with Gasteiger partial charge in [0.05, 0.1) is 23.7 Å². The van der Waals surface area contributed by atoms with Crippen molar-refractivity contribution in [3.05, 3.63) is 76.3 Å². The van der Waals surface area contributed by atoms with Crippen LogP contribution in [0.3, 0.4) is 0 Å². The van der Waals surface area contributed by atoms with Crippen molar-refractivity contribution in [1.82, 2.24) is 19.7 Å². The molecule has 0 spiro atoms. The highest BCUT2D eigenvalue weighted by molar-refractivity contribution is 7.22. The number of ether oxygens (including phenoxy) is 1. The highest BCUT2D eigenvalue weighted by Gasteiger charge is 2.21. The van der Waals surface area contributed by atoms with E-state index in [1.807, 2.05) is 38.1 Å². The lowest BCUT2D eigenvalue weighted by Crippen LogP contribution is -2.27. The minimum absolute atomic E-state index is 0.170. The van der Waals surface area contributed by atoms with E-state index in [9.17, 15) is 9.59 Å². The Morgan fingerprint density at radius 2 is 1.91 bits per heavy atom. The molecule has 3 aromatic heterocycles. The van der Waals surface area contributed by atoms with Gasteiger partial charge < -0.3 is 14.6 Å². The summed E-state index contributed by atoms with van der Waals surface area (Å²) in [5, 5.41) is 7.32. The minimum Gasteiger partial charge on any atom is -0.497 e. The molecule has 0 saturated heterocycles. The van der Waals surface area contributed by atoms with E-state index in [1.54, 1.807) is 31.4 Å². The second kappa shape index (κ2) is 9.15. The quantitative estimate of drug-likeness (QED) is 0.377. The molecule has 0 aliphatic heterocycles. The van der Waals surface area contributed by atoms with Crippen LogP contribution in [-0.2, 0) is 11.3 Å². The Morgan fingerprint density at radius 3 is 2.66 bits per heavy atom. The van der Waals surface area contributed by atoms with Crippen molar-refractivity contribution in [2.45, 2.75) is 20.4 Å². The third-order valence-electron chi connectivity index (χ3n) is 5.61. The number of amides is 1. The summed E-state index contributed by atoms with van der Waals surface area (Å²) in [4.78, 5) is 35.9. The summed E-state index contributed by atoms with van der Waals surface area (Å²) in [5.74, 6) is 1.15. The first-order valence-electron chi connectivity index (χ1n) is 10.8. The average Bonchev–Trinajstić information content (AvgIpc) is 3.47. The molecule has 0 unspecified atom stereocenters. The zero-order chi connectivity index (χ0) is 24.5. The smallest absolute Gasteiger partial charge is 0.268 e. The molecule has 1 amide bonds. The van der Waals surface area contributed by atoms with E-state index in [2.05, 4.69) is 20.4 Å². The second-order valence-electron chi connectivity index (χ2n) is 7.93. The second-order valence-corrected chi connectivity index (χ2v) is 8.93. The maximum Gasteiger partial charge on any atom is 0.268 e.